The lowest BCUT2D eigenvalue weighted by atomic mass is 10.3. The third-order valence-electron chi connectivity index (χ3n) is 2.93. The average molecular weight is 241 g/mol. The average Bonchev–Trinajstić information content (AvgIpc) is 3.01. The molecule has 0 saturated heterocycles. The Morgan fingerprint density at radius 3 is 3.00 bits per heavy atom. The normalized spacial score (nSPS) is 10.9. The summed E-state index contributed by atoms with van der Waals surface area (Å²) in [7, 11) is 0. The molecule has 3 rings (SSSR count). The van der Waals surface area contributed by atoms with Gasteiger partial charge < -0.3 is 10.3 Å². The SMILES string of the molecule is CCn1nccc1CNc1nc2ccccc2[nH]1. The van der Waals surface area contributed by atoms with Crippen LogP contribution in [0.25, 0.3) is 11.0 Å². The second kappa shape index (κ2) is 4.52. The minimum Gasteiger partial charge on any atom is -0.350 e. The standard InChI is InChI=1S/C13H15N5/c1-2-18-10(7-8-15-18)9-14-13-16-11-5-3-4-6-12(11)17-13/h3-8H,2,9H2,1H3,(H2,14,16,17). The van der Waals surface area contributed by atoms with E-state index < -0.39 is 0 Å². The molecule has 5 heteroatoms. The van der Waals surface area contributed by atoms with Crippen molar-refractivity contribution in [1.82, 2.24) is 19.7 Å². The molecule has 0 radical (unpaired) electrons. The summed E-state index contributed by atoms with van der Waals surface area (Å²) in [6, 6.07) is 10.0. The lowest BCUT2D eigenvalue weighted by Crippen LogP contribution is -2.08. The van der Waals surface area contributed by atoms with Crippen LogP contribution in [0.3, 0.4) is 0 Å². The first-order chi connectivity index (χ1) is 8.86. The number of benzene rings is 1. The summed E-state index contributed by atoms with van der Waals surface area (Å²) in [5.74, 6) is 0.792. The van der Waals surface area contributed by atoms with Gasteiger partial charge >= 0.3 is 0 Å². The highest BCUT2D eigenvalue weighted by molar-refractivity contribution is 5.77. The zero-order chi connectivity index (χ0) is 12.4. The summed E-state index contributed by atoms with van der Waals surface area (Å²) >= 11 is 0. The maximum atomic E-state index is 4.47. The third kappa shape index (κ3) is 1.95. The van der Waals surface area contributed by atoms with Gasteiger partial charge in [0.05, 0.1) is 23.3 Å². The lowest BCUT2D eigenvalue weighted by molar-refractivity contribution is 0.627. The maximum Gasteiger partial charge on any atom is 0.201 e. The molecule has 0 bridgehead atoms. The number of aryl methyl sites for hydroxylation is 1. The molecule has 0 unspecified atom stereocenters. The predicted octanol–water partition coefficient (Wildman–Crippen LogP) is 2.39. The van der Waals surface area contributed by atoms with Crippen LogP contribution in [0.1, 0.15) is 12.6 Å². The van der Waals surface area contributed by atoms with Gasteiger partial charge in [0.1, 0.15) is 0 Å². The molecule has 0 aliphatic rings. The molecule has 3 aromatic rings. The molecule has 0 aliphatic carbocycles. The van der Waals surface area contributed by atoms with Crippen molar-refractivity contribution in [3.63, 3.8) is 0 Å². The molecule has 2 aromatic heterocycles. The molecule has 1 aromatic carbocycles. The van der Waals surface area contributed by atoms with E-state index in [-0.39, 0.29) is 0 Å². The predicted molar refractivity (Wildman–Crippen MR) is 71.3 cm³/mol. The van der Waals surface area contributed by atoms with E-state index >= 15 is 0 Å². The first-order valence-electron chi connectivity index (χ1n) is 6.06. The van der Waals surface area contributed by atoms with E-state index in [4.69, 9.17) is 0 Å². The van der Waals surface area contributed by atoms with Gasteiger partial charge in [-0.05, 0) is 25.1 Å². The Balaban J connectivity index is 1.77. The first-order valence-corrected chi connectivity index (χ1v) is 6.06. The third-order valence-corrected chi connectivity index (χ3v) is 2.93. The molecular weight excluding hydrogens is 226 g/mol. The van der Waals surface area contributed by atoms with E-state index in [2.05, 4.69) is 27.3 Å². The molecular formula is C13H15N5. The van der Waals surface area contributed by atoms with Crippen LogP contribution >= 0.6 is 0 Å². The fraction of sp³-hybridized carbons (Fsp3) is 0.231. The van der Waals surface area contributed by atoms with Crippen LogP contribution in [-0.2, 0) is 13.1 Å². The van der Waals surface area contributed by atoms with Gasteiger partial charge in [-0.15, -0.1) is 0 Å². The van der Waals surface area contributed by atoms with Crippen molar-refractivity contribution >= 4 is 17.0 Å². The minimum absolute atomic E-state index is 0.716. The summed E-state index contributed by atoms with van der Waals surface area (Å²) in [6.45, 7) is 3.68. The zero-order valence-electron chi connectivity index (χ0n) is 10.2. The van der Waals surface area contributed by atoms with Gasteiger partial charge in [-0.2, -0.15) is 5.10 Å². The molecule has 2 heterocycles. The molecule has 5 nitrogen and oxygen atoms in total. The molecule has 0 spiro atoms. The van der Waals surface area contributed by atoms with Crippen molar-refractivity contribution in [2.24, 2.45) is 0 Å². The summed E-state index contributed by atoms with van der Waals surface area (Å²) in [6.07, 6.45) is 1.82. The van der Waals surface area contributed by atoms with Crippen LogP contribution in [0.5, 0.6) is 0 Å². The topological polar surface area (TPSA) is 58.5 Å². The van der Waals surface area contributed by atoms with Crippen molar-refractivity contribution in [3.8, 4) is 0 Å². The maximum absolute atomic E-state index is 4.47. The number of hydrogen-bond donors (Lipinski definition) is 2. The summed E-state index contributed by atoms with van der Waals surface area (Å²) in [4.78, 5) is 7.71. The van der Waals surface area contributed by atoms with Gasteiger partial charge in [0, 0.05) is 12.7 Å². The Bertz CT molecular complexity index is 619. The first kappa shape index (κ1) is 10.8. The van der Waals surface area contributed by atoms with Crippen LogP contribution < -0.4 is 5.32 Å². The number of imidazole rings is 1. The fourth-order valence-corrected chi connectivity index (χ4v) is 2.01. The van der Waals surface area contributed by atoms with Gasteiger partial charge in [-0.3, -0.25) is 4.68 Å². The van der Waals surface area contributed by atoms with E-state index in [1.165, 1.54) is 0 Å². The van der Waals surface area contributed by atoms with Crippen molar-refractivity contribution in [2.45, 2.75) is 20.0 Å². The Morgan fingerprint density at radius 2 is 2.17 bits per heavy atom. The van der Waals surface area contributed by atoms with Gasteiger partial charge in [-0.1, -0.05) is 12.1 Å². The van der Waals surface area contributed by atoms with Crippen molar-refractivity contribution < 1.29 is 0 Å². The number of fused-ring (bicyclic) bond motifs is 1. The van der Waals surface area contributed by atoms with Crippen LogP contribution in [-0.4, -0.2) is 19.7 Å². The van der Waals surface area contributed by atoms with Gasteiger partial charge in [0.25, 0.3) is 0 Å². The smallest absolute Gasteiger partial charge is 0.201 e. The van der Waals surface area contributed by atoms with Crippen LogP contribution in [0, 0.1) is 0 Å². The van der Waals surface area contributed by atoms with Crippen molar-refractivity contribution in [3.05, 3.63) is 42.2 Å². The fourth-order valence-electron chi connectivity index (χ4n) is 2.01. The van der Waals surface area contributed by atoms with Gasteiger partial charge in [0.2, 0.25) is 5.95 Å². The Kier molecular flexibility index (Phi) is 2.72. The van der Waals surface area contributed by atoms with Crippen molar-refractivity contribution in [1.29, 1.82) is 0 Å². The Labute approximate surface area is 105 Å². The summed E-state index contributed by atoms with van der Waals surface area (Å²) < 4.78 is 1.97. The molecule has 2 N–H and O–H groups in total. The molecule has 0 aliphatic heterocycles. The Hall–Kier alpha value is -2.30. The number of hydrogen-bond acceptors (Lipinski definition) is 3. The van der Waals surface area contributed by atoms with E-state index in [0.29, 0.717) is 6.54 Å². The van der Waals surface area contributed by atoms with E-state index in [9.17, 15) is 0 Å². The van der Waals surface area contributed by atoms with Crippen LogP contribution in [0.4, 0.5) is 5.95 Å². The highest BCUT2D eigenvalue weighted by atomic mass is 15.3. The summed E-state index contributed by atoms with van der Waals surface area (Å²) in [5.41, 5.74) is 3.17. The highest BCUT2D eigenvalue weighted by Crippen LogP contribution is 2.13. The quantitative estimate of drug-likeness (QED) is 0.737. The number of nitrogens with one attached hydrogen (secondary N) is 2. The van der Waals surface area contributed by atoms with E-state index in [0.717, 1.165) is 29.2 Å². The second-order valence-electron chi connectivity index (χ2n) is 4.09. The molecule has 18 heavy (non-hydrogen) atoms. The highest BCUT2D eigenvalue weighted by Gasteiger charge is 2.03. The summed E-state index contributed by atoms with van der Waals surface area (Å²) in [5, 5.41) is 7.52. The van der Waals surface area contributed by atoms with Crippen LogP contribution in [0.15, 0.2) is 36.5 Å². The number of para-hydroxylation sites is 2. The van der Waals surface area contributed by atoms with Crippen LogP contribution in [0.2, 0.25) is 0 Å². The lowest BCUT2D eigenvalue weighted by Gasteiger charge is -2.05. The largest absolute Gasteiger partial charge is 0.350 e. The molecule has 0 amide bonds. The monoisotopic (exact) mass is 241 g/mol. The number of aromatic nitrogens is 4. The molecule has 0 saturated carbocycles. The van der Waals surface area contributed by atoms with Gasteiger partial charge in [0.15, 0.2) is 0 Å². The van der Waals surface area contributed by atoms with E-state index in [1.54, 1.807) is 0 Å². The minimum atomic E-state index is 0.716. The number of aromatic amines is 1. The number of H-pyrrole nitrogens is 1. The number of nitrogens with zero attached hydrogens (tertiary/aromatic N) is 3. The number of anilines is 1. The zero-order valence-corrected chi connectivity index (χ0v) is 10.2. The van der Waals surface area contributed by atoms with E-state index in [1.807, 2.05) is 41.2 Å². The molecule has 92 valence electrons. The second-order valence-corrected chi connectivity index (χ2v) is 4.09. The van der Waals surface area contributed by atoms with Crippen molar-refractivity contribution in [2.75, 3.05) is 5.32 Å². The Morgan fingerprint density at radius 1 is 1.28 bits per heavy atom. The molecule has 0 fully saturated rings. The van der Waals surface area contributed by atoms with Gasteiger partial charge in [-0.25, -0.2) is 4.98 Å². The molecule has 0 atom stereocenters. The number of rotatable bonds is 4.